The molecule has 1 unspecified atom stereocenters. The number of aliphatic hydroxyl groups excluding tert-OH is 1. The van der Waals surface area contributed by atoms with Crippen molar-refractivity contribution in [2.75, 3.05) is 19.8 Å². The summed E-state index contributed by atoms with van der Waals surface area (Å²) in [5, 5.41) is 19.1. The Labute approximate surface area is 357 Å². The molecule has 0 aliphatic heterocycles. The summed E-state index contributed by atoms with van der Waals surface area (Å²) < 4.78 is 32.6. The summed E-state index contributed by atoms with van der Waals surface area (Å²) in [6.45, 7) is 2.30. The van der Waals surface area contributed by atoms with Crippen LogP contribution in [0, 0.1) is 11.8 Å². The molecular weight excluding hydrogens is 789 g/mol. The molecule has 13 nitrogen and oxygen atoms in total. The first-order valence-electron chi connectivity index (χ1n) is 21.3. The molecule has 0 fully saturated rings. The largest absolute Gasteiger partial charge is 0.480 e. The van der Waals surface area contributed by atoms with Gasteiger partial charge in [0.05, 0.1) is 19.3 Å². The lowest BCUT2D eigenvalue weighted by Gasteiger charge is -2.20. The molecule has 5 N–H and O–H groups in total. The van der Waals surface area contributed by atoms with Crippen LogP contribution in [0.2, 0.25) is 0 Å². The molecule has 60 heavy (non-hydrogen) atoms. The van der Waals surface area contributed by atoms with Gasteiger partial charge in [-0.1, -0.05) is 124 Å². The number of aliphatic carboxylic acids is 1. The maximum Gasteiger partial charge on any atom is 0.472 e. The zero-order valence-corrected chi connectivity index (χ0v) is 36.5. The minimum Gasteiger partial charge on any atom is -0.480 e. The first-order valence-corrected chi connectivity index (χ1v) is 22.8. The molecule has 0 radical (unpaired) electrons. The molecular formula is C46H70NO12P. The van der Waals surface area contributed by atoms with Gasteiger partial charge in [-0.25, -0.2) is 4.57 Å². The van der Waals surface area contributed by atoms with E-state index in [1.807, 2.05) is 30.4 Å². The van der Waals surface area contributed by atoms with Gasteiger partial charge in [0.2, 0.25) is 0 Å². The highest BCUT2D eigenvalue weighted by molar-refractivity contribution is 7.47. The van der Waals surface area contributed by atoms with Gasteiger partial charge in [-0.05, 0) is 82.6 Å². The van der Waals surface area contributed by atoms with Gasteiger partial charge in [-0.15, -0.1) is 0 Å². The number of rotatable bonds is 35. The summed E-state index contributed by atoms with van der Waals surface area (Å²) in [5.41, 5.74) is 5.32. The van der Waals surface area contributed by atoms with Crippen molar-refractivity contribution in [3.05, 3.63) is 97.2 Å². The van der Waals surface area contributed by atoms with Crippen molar-refractivity contribution in [2.24, 2.45) is 17.6 Å². The number of hydrogen-bond donors (Lipinski definition) is 4. The van der Waals surface area contributed by atoms with E-state index < -0.39 is 63.8 Å². The number of hydrogen-bond acceptors (Lipinski definition) is 11. The Morgan fingerprint density at radius 3 is 1.95 bits per heavy atom. The fraction of sp³-hybridized carbons (Fsp3) is 0.565. The summed E-state index contributed by atoms with van der Waals surface area (Å²) in [7, 11) is -4.79. The molecule has 14 heteroatoms. The maximum absolute atomic E-state index is 12.6. The Bertz CT molecular complexity index is 1530. The minimum absolute atomic E-state index is 0.00808. The van der Waals surface area contributed by atoms with Gasteiger partial charge in [-0.2, -0.15) is 0 Å². The first kappa shape index (κ1) is 54.0. The number of carboxylic acid groups (broad SMARTS) is 1. The number of carboxylic acids is 1. The van der Waals surface area contributed by atoms with Gasteiger partial charge >= 0.3 is 25.7 Å². The van der Waals surface area contributed by atoms with E-state index in [0.717, 1.165) is 51.4 Å². The molecule has 0 saturated heterocycles. The number of aliphatic hydroxyl groups is 1. The van der Waals surface area contributed by atoms with Crippen molar-refractivity contribution in [3.8, 4) is 0 Å². The highest BCUT2D eigenvalue weighted by atomic mass is 31.2. The number of nitrogens with two attached hydrogens (primary N) is 1. The SMILES string of the molecule is CC/C=C\C/C=C\C/C=C\C/C=C\C/C=C\CCCC(=O)O[C@H](COC(=O)CCC/C=C\C[C@H]1C=CC(=O)[C@@H]1/C=C/[C@@H](O)CCCCC)COP(=O)(O)OC[C@H](N)C(=O)O. The number of carbonyl (C=O) groups excluding carboxylic acids is 3. The lowest BCUT2D eigenvalue weighted by Crippen LogP contribution is -2.34. The number of unbranched alkanes of at least 4 members (excludes halogenated alkanes) is 4. The van der Waals surface area contributed by atoms with Gasteiger partial charge in [-0.3, -0.25) is 28.2 Å². The predicted octanol–water partition coefficient (Wildman–Crippen LogP) is 8.89. The summed E-state index contributed by atoms with van der Waals surface area (Å²) in [4.78, 5) is 58.5. The molecule has 0 aromatic rings. The molecule has 0 bridgehead atoms. The fourth-order valence-corrected chi connectivity index (χ4v) is 6.40. The Hall–Kier alpha value is -3.97. The summed E-state index contributed by atoms with van der Waals surface area (Å²) in [6, 6.07) is -1.57. The number of ketones is 1. The highest BCUT2D eigenvalue weighted by Crippen LogP contribution is 2.43. The number of esters is 2. The van der Waals surface area contributed by atoms with Crippen LogP contribution in [0.1, 0.15) is 117 Å². The predicted molar refractivity (Wildman–Crippen MR) is 235 cm³/mol. The maximum atomic E-state index is 12.6. The van der Waals surface area contributed by atoms with E-state index in [1.165, 1.54) is 0 Å². The number of allylic oxidation sites excluding steroid dienone is 15. The monoisotopic (exact) mass is 859 g/mol. The number of carbonyl (C=O) groups is 4. The lowest BCUT2D eigenvalue weighted by atomic mass is 9.90. The normalized spacial score (nSPS) is 18.6. The number of ether oxygens (including phenoxy) is 2. The quantitative estimate of drug-likeness (QED) is 0.0203. The van der Waals surface area contributed by atoms with Crippen molar-refractivity contribution >= 4 is 31.5 Å². The van der Waals surface area contributed by atoms with Crippen molar-refractivity contribution < 1.29 is 57.4 Å². The van der Waals surface area contributed by atoms with Crippen molar-refractivity contribution in [1.82, 2.24) is 0 Å². The molecule has 0 aromatic carbocycles. The third kappa shape index (κ3) is 29.3. The van der Waals surface area contributed by atoms with Gasteiger partial charge in [0, 0.05) is 18.8 Å². The van der Waals surface area contributed by atoms with Crippen LogP contribution in [0.25, 0.3) is 0 Å². The van der Waals surface area contributed by atoms with Crippen LogP contribution in [-0.4, -0.2) is 76.9 Å². The zero-order chi connectivity index (χ0) is 44.3. The van der Waals surface area contributed by atoms with Gasteiger partial charge in [0.1, 0.15) is 12.6 Å². The Kier molecular flexibility index (Phi) is 31.3. The Morgan fingerprint density at radius 2 is 1.35 bits per heavy atom. The second-order valence-electron chi connectivity index (χ2n) is 14.4. The average molecular weight is 860 g/mol. The van der Waals surface area contributed by atoms with Crippen molar-refractivity contribution in [1.29, 1.82) is 0 Å². The van der Waals surface area contributed by atoms with E-state index in [4.69, 9.17) is 24.8 Å². The van der Waals surface area contributed by atoms with Crippen LogP contribution in [-0.2, 0) is 42.3 Å². The molecule has 6 atom stereocenters. The van der Waals surface area contributed by atoms with E-state index in [0.29, 0.717) is 38.5 Å². The van der Waals surface area contributed by atoms with Gasteiger partial charge in [0.15, 0.2) is 11.9 Å². The lowest BCUT2D eigenvalue weighted by molar-refractivity contribution is -0.161. The summed E-state index contributed by atoms with van der Waals surface area (Å²) in [6.07, 6.45) is 41.2. The molecule has 0 amide bonds. The fourth-order valence-electron chi connectivity index (χ4n) is 5.62. The minimum atomic E-state index is -4.79. The van der Waals surface area contributed by atoms with Crippen LogP contribution in [0.5, 0.6) is 0 Å². The Morgan fingerprint density at radius 1 is 0.783 bits per heavy atom. The average Bonchev–Trinajstić information content (AvgIpc) is 3.57. The summed E-state index contributed by atoms with van der Waals surface area (Å²) in [5.74, 6) is -2.95. The highest BCUT2D eigenvalue weighted by Gasteiger charge is 2.29. The molecule has 0 aromatic heterocycles. The zero-order valence-electron chi connectivity index (χ0n) is 35.6. The molecule has 1 aliphatic rings. The molecule has 0 saturated carbocycles. The number of phosphoric ester groups is 1. The third-order valence-corrected chi connectivity index (χ3v) is 10.0. The van der Waals surface area contributed by atoms with Crippen LogP contribution in [0.15, 0.2) is 97.2 Å². The van der Waals surface area contributed by atoms with Crippen LogP contribution < -0.4 is 5.73 Å². The van der Waals surface area contributed by atoms with Crippen LogP contribution in [0.3, 0.4) is 0 Å². The number of phosphoric acid groups is 1. The van der Waals surface area contributed by atoms with E-state index in [1.54, 1.807) is 18.2 Å². The molecule has 336 valence electrons. The molecule has 1 aliphatic carbocycles. The smallest absolute Gasteiger partial charge is 0.472 e. The second kappa shape index (κ2) is 34.7. The van der Waals surface area contributed by atoms with Crippen molar-refractivity contribution in [2.45, 2.75) is 135 Å². The molecule has 0 spiro atoms. The standard InChI is InChI=1S/C46H70NO12P/c1-3-5-7-8-9-10-11-12-13-14-15-16-17-18-19-20-26-30-45(51)59-40(36-57-60(54,55)58-37-42(47)46(52)53)35-56-44(50)29-25-22-21-24-27-38-31-34-43(49)41(38)33-32-39(48)28-23-6-4-2/h5,7,9-10,12-13,15-16,18-19,21,24,31-34,38-42,48H,3-4,6,8,11,14,17,20,22-23,25-30,35-37,47H2,1-2H3,(H,52,53)(H,54,55)/b7-5-,10-9-,13-12-,16-15-,19-18-,24-21-,33-32+/t38-,39-,40+,41+,42-/m0/s1. The van der Waals surface area contributed by atoms with E-state index >= 15 is 0 Å². The van der Waals surface area contributed by atoms with E-state index in [2.05, 4.69) is 67.0 Å². The first-order chi connectivity index (χ1) is 28.9. The van der Waals surface area contributed by atoms with Crippen LogP contribution in [0.4, 0.5) is 0 Å². The van der Waals surface area contributed by atoms with E-state index in [-0.39, 0.29) is 30.5 Å². The van der Waals surface area contributed by atoms with Gasteiger partial charge in [0.25, 0.3) is 0 Å². The molecule has 0 heterocycles. The van der Waals surface area contributed by atoms with Gasteiger partial charge < -0.3 is 30.3 Å². The van der Waals surface area contributed by atoms with Crippen molar-refractivity contribution in [3.63, 3.8) is 0 Å². The van der Waals surface area contributed by atoms with E-state index in [9.17, 15) is 33.7 Å². The second-order valence-corrected chi connectivity index (χ2v) is 15.9. The molecule has 1 rings (SSSR count). The summed E-state index contributed by atoms with van der Waals surface area (Å²) >= 11 is 0. The Balaban J connectivity index is 2.53. The topological polar surface area (TPSA) is 209 Å². The van der Waals surface area contributed by atoms with Crippen LogP contribution >= 0.6 is 7.82 Å². The third-order valence-electron chi connectivity index (χ3n) is 9.06.